The molecule has 2 atom stereocenters. The molecule has 4 aliphatic rings. The van der Waals surface area contributed by atoms with Crippen molar-refractivity contribution in [3.8, 4) is 0 Å². The molecule has 1 aromatic carbocycles. The standard InChI is InChI=1S/C19H27N3O/c1-18(2)13-8-14-10-22(18,11-15(9-13)19(14,3)21)17(23)12-4-6-16(20)7-5-12/h4-7,13-15H,8-11,21H2,1-3H3,(H-,20,23)/p+1. The van der Waals surface area contributed by atoms with Gasteiger partial charge in [0.25, 0.3) is 0 Å². The van der Waals surface area contributed by atoms with Crippen LogP contribution in [-0.2, 0) is 0 Å². The largest absolute Gasteiger partial charge is 0.399 e. The van der Waals surface area contributed by atoms with Gasteiger partial charge in [0.1, 0.15) is 5.54 Å². The molecular weight excluding hydrogens is 286 g/mol. The average molecular weight is 314 g/mol. The summed E-state index contributed by atoms with van der Waals surface area (Å²) in [5.41, 5.74) is 13.8. The molecule has 5 rings (SSSR count). The third-order valence-corrected chi connectivity index (χ3v) is 7.61. The zero-order valence-corrected chi connectivity index (χ0v) is 14.4. The predicted molar refractivity (Wildman–Crippen MR) is 91.6 cm³/mol. The number of piperidine rings is 3. The van der Waals surface area contributed by atoms with Gasteiger partial charge in [-0.05, 0) is 57.9 Å². The summed E-state index contributed by atoms with van der Waals surface area (Å²) in [4.78, 5) is 13.5. The van der Waals surface area contributed by atoms with E-state index in [0.717, 1.165) is 18.7 Å². The Balaban J connectivity index is 1.79. The molecule has 4 fully saturated rings. The Morgan fingerprint density at radius 2 is 1.57 bits per heavy atom. The van der Waals surface area contributed by atoms with Crippen molar-refractivity contribution >= 4 is 11.6 Å². The first-order valence-electron chi connectivity index (χ1n) is 8.75. The average Bonchev–Trinajstić information content (AvgIpc) is 2.45. The fourth-order valence-corrected chi connectivity index (χ4v) is 5.69. The predicted octanol–water partition coefficient (Wildman–Crippen LogP) is 2.39. The van der Waals surface area contributed by atoms with Gasteiger partial charge in [-0.1, -0.05) is 0 Å². The quantitative estimate of drug-likeness (QED) is 0.618. The molecule has 4 N–H and O–H groups in total. The lowest BCUT2D eigenvalue weighted by Crippen LogP contribution is -2.83. The van der Waals surface area contributed by atoms with E-state index in [4.69, 9.17) is 11.5 Å². The summed E-state index contributed by atoms with van der Waals surface area (Å²) in [5, 5.41) is 0. The number of nitrogens with zero attached hydrogens (tertiary/aromatic N) is 1. The van der Waals surface area contributed by atoms with Gasteiger partial charge in [-0.3, -0.25) is 4.48 Å². The highest BCUT2D eigenvalue weighted by molar-refractivity contribution is 5.90. The lowest BCUT2D eigenvalue weighted by atomic mass is 9.52. The third kappa shape index (κ3) is 1.76. The van der Waals surface area contributed by atoms with Crippen LogP contribution in [0.4, 0.5) is 5.69 Å². The van der Waals surface area contributed by atoms with E-state index < -0.39 is 0 Å². The Labute approximate surface area is 138 Å². The number of carbonyl (C=O) groups excluding carboxylic acids is 1. The molecule has 2 unspecified atom stereocenters. The fourth-order valence-electron chi connectivity index (χ4n) is 5.69. The smallest absolute Gasteiger partial charge is 0.346 e. The molecule has 3 aliphatic heterocycles. The van der Waals surface area contributed by atoms with Crippen LogP contribution in [0.3, 0.4) is 0 Å². The topological polar surface area (TPSA) is 69.1 Å². The SMILES string of the molecule is CC1(N)C2CC3CC1C[N+](C(=O)c1ccc(N)cc1)(C2)C3(C)C. The maximum absolute atomic E-state index is 13.5. The number of hydrogen-bond acceptors (Lipinski definition) is 3. The van der Waals surface area contributed by atoms with E-state index in [0.29, 0.717) is 27.9 Å². The number of rotatable bonds is 1. The zero-order chi connectivity index (χ0) is 16.6. The molecule has 4 heteroatoms. The highest BCUT2D eigenvalue weighted by atomic mass is 16.2. The fraction of sp³-hybridized carbons (Fsp3) is 0.632. The second kappa shape index (κ2) is 4.37. The normalized spacial score (nSPS) is 43.6. The molecule has 1 aromatic rings. The van der Waals surface area contributed by atoms with Gasteiger partial charge < -0.3 is 11.5 Å². The van der Waals surface area contributed by atoms with Gasteiger partial charge in [0.15, 0.2) is 0 Å². The van der Waals surface area contributed by atoms with Gasteiger partial charge in [0.2, 0.25) is 0 Å². The molecule has 0 spiro atoms. The number of amides is 1. The van der Waals surface area contributed by atoms with E-state index in [-0.39, 0.29) is 17.0 Å². The first kappa shape index (κ1) is 15.2. The van der Waals surface area contributed by atoms with Gasteiger partial charge in [0, 0.05) is 29.0 Å². The van der Waals surface area contributed by atoms with E-state index in [2.05, 4.69) is 20.8 Å². The Morgan fingerprint density at radius 3 is 2.09 bits per heavy atom. The van der Waals surface area contributed by atoms with Crippen LogP contribution in [0.2, 0.25) is 0 Å². The molecule has 1 aliphatic carbocycles. The Bertz CT molecular complexity index is 644. The van der Waals surface area contributed by atoms with Gasteiger partial charge in [0.05, 0.1) is 18.7 Å². The first-order valence-corrected chi connectivity index (χ1v) is 8.75. The van der Waals surface area contributed by atoms with Crippen LogP contribution in [0.5, 0.6) is 0 Å². The van der Waals surface area contributed by atoms with Gasteiger partial charge >= 0.3 is 5.91 Å². The Hall–Kier alpha value is -1.39. The molecule has 1 saturated carbocycles. The van der Waals surface area contributed by atoms with Gasteiger partial charge in [-0.2, -0.15) is 0 Å². The Kier molecular flexibility index (Phi) is 2.88. The molecule has 3 saturated heterocycles. The molecule has 3 heterocycles. The van der Waals surface area contributed by atoms with Crippen LogP contribution in [0.15, 0.2) is 24.3 Å². The van der Waals surface area contributed by atoms with Crippen molar-refractivity contribution in [3.05, 3.63) is 29.8 Å². The molecule has 124 valence electrons. The molecule has 0 radical (unpaired) electrons. The van der Waals surface area contributed by atoms with Crippen LogP contribution in [-0.4, -0.2) is 34.6 Å². The maximum atomic E-state index is 13.5. The minimum atomic E-state index is -0.115. The van der Waals surface area contributed by atoms with Crippen LogP contribution >= 0.6 is 0 Å². The van der Waals surface area contributed by atoms with E-state index in [1.165, 1.54) is 12.8 Å². The second-order valence-electron chi connectivity index (χ2n) is 8.84. The summed E-state index contributed by atoms with van der Waals surface area (Å²) in [6, 6.07) is 7.42. The highest BCUT2D eigenvalue weighted by Gasteiger charge is 2.70. The maximum Gasteiger partial charge on any atom is 0.346 e. The molecule has 1 amide bonds. The van der Waals surface area contributed by atoms with Crippen molar-refractivity contribution < 1.29 is 9.28 Å². The van der Waals surface area contributed by atoms with E-state index in [1.54, 1.807) is 0 Å². The van der Waals surface area contributed by atoms with Crippen molar-refractivity contribution in [1.82, 2.24) is 0 Å². The van der Waals surface area contributed by atoms with Crippen LogP contribution in [0.25, 0.3) is 0 Å². The van der Waals surface area contributed by atoms with Crippen molar-refractivity contribution in [2.45, 2.75) is 44.7 Å². The minimum Gasteiger partial charge on any atom is -0.399 e. The van der Waals surface area contributed by atoms with Gasteiger partial charge in [-0.15, -0.1) is 0 Å². The highest BCUT2D eigenvalue weighted by Crippen LogP contribution is 2.58. The van der Waals surface area contributed by atoms with E-state index in [1.807, 2.05) is 24.3 Å². The summed E-state index contributed by atoms with van der Waals surface area (Å²) >= 11 is 0. The van der Waals surface area contributed by atoms with Gasteiger partial charge in [-0.25, -0.2) is 4.79 Å². The molecular formula is C19H28N3O+. The number of benzene rings is 1. The molecule has 0 aromatic heterocycles. The summed E-state index contributed by atoms with van der Waals surface area (Å²) in [6.07, 6.45) is 2.34. The number of anilines is 1. The number of nitrogen functional groups attached to an aromatic ring is 1. The lowest BCUT2D eigenvalue weighted by molar-refractivity contribution is -0.931. The van der Waals surface area contributed by atoms with Crippen LogP contribution in [0.1, 0.15) is 44.0 Å². The summed E-state index contributed by atoms with van der Waals surface area (Å²) < 4.78 is 0.573. The summed E-state index contributed by atoms with van der Waals surface area (Å²) in [7, 11) is 0. The minimum absolute atomic E-state index is 0.0119. The summed E-state index contributed by atoms with van der Waals surface area (Å²) in [6.45, 7) is 8.56. The number of carbonyl (C=O) groups is 1. The van der Waals surface area contributed by atoms with Crippen LogP contribution in [0, 0.1) is 17.8 Å². The zero-order valence-electron chi connectivity index (χ0n) is 14.4. The van der Waals surface area contributed by atoms with E-state index >= 15 is 0 Å². The van der Waals surface area contributed by atoms with Crippen molar-refractivity contribution in [2.24, 2.45) is 23.5 Å². The number of nitrogens with two attached hydrogens (primary N) is 2. The molecule has 4 bridgehead atoms. The monoisotopic (exact) mass is 314 g/mol. The van der Waals surface area contributed by atoms with Crippen molar-refractivity contribution in [2.75, 3.05) is 18.8 Å². The van der Waals surface area contributed by atoms with Crippen LogP contribution < -0.4 is 11.5 Å². The molecule has 4 nitrogen and oxygen atoms in total. The second-order valence-corrected chi connectivity index (χ2v) is 8.84. The van der Waals surface area contributed by atoms with Crippen molar-refractivity contribution in [1.29, 1.82) is 0 Å². The number of hydrogen-bond donors (Lipinski definition) is 2. The van der Waals surface area contributed by atoms with Crippen molar-refractivity contribution in [3.63, 3.8) is 0 Å². The third-order valence-electron chi connectivity index (χ3n) is 7.61. The molecule has 23 heavy (non-hydrogen) atoms. The Morgan fingerprint density at radius 1 is 1.04 bits per heavy atom. The lowest BCUT2D eigenvalue weighted by Gasteiger charge is -2.69. The number of quaternary nitrogens is 1. The van der Waals surface area contributed by atoms with E-state index in [9.17, 15) is 4.79 Å². The first-order chi connectivity index (χ1) is 10.7. The summed E-state index contributed by atoms with van der Waals surface area (Å²) in [5.74, 6) is 1.75.